The van der Waals surface area contributed by atoms with Crippen LogP contribution in [0.15, 0.2) is 41.5 Å². The summed E-state index contributed by atoms with van der Waals surface area (Å²) in [5.41, 5.74) is 3.05. The summed E-state index contributed by atoms with van der Waals surface area (Å²) in [7, 11) is 0. The van der Waals surface area contributed by atoms with E-state index >= 15 is 0 Å². The molecule has 0 aliphatic rings. The van der Waals surface area contributed by atoms with Crippen LogP contribution in [0, 0.1) is 10.1 Å². The Morgan fingerprint density at radius 2 is 1.88 bits per heavy atom. The lowest BCUT2D eigenvalue weighted by Gasteiger charge is -2.09. The van der Waals surface area contributed by atoms with Gasteiger partial charge >= 0.3 is 0 Å². The highest BCUT2D eigenvalue weighted by Crippen LogP contribution is 2.33. The number of halogens is 2. The smallest absolute Gasteiger partial charge is 0.271 e. The first-order chi connectivity index (χ1) is 12.4. The third-order valence-electron chi connectivity index (χ3n) is 3.19. The van der Waals surface area contributed by atoms with E-state index in [9.17, 15) is 14.9 Å². The molecule has 0 spiro atoms. The lowest BCUT2D eigenvalue weighted by molar-refractivity contribution is -0.384. The molecule has 26 heavy (non-hydrogen) atoms. The molecule has 2 aromatic carbocycles. The van der Waals surface area contributed by atoms with Crippen molar-refractivity contribution in [2.45, 2.75) is 13.3 Å². The molecular weight excluding hydrogens is 381 g/mol. The van der Waals surface area contributed by atoms with Crippen molar-refractivity contribution >= 4 is 41.0 Å². The number of hydrogen-bond donors (Lipinski definition) is 1. The Morgan fingerprint density at radius 3 is 2.42 bits per heavy atom. The number of hydrazone groups is 1. The highest BCUT2D eigenvalue weighted by atomic mass is 35.5. The molecular formula is C17H15Cl2N3O4. The van der Waals surface area contributed by atoms with Gasteiger partial charge in [0.2, 0.25) is 0 Å². The van der Waals surface area contributed by atoms with Crippen LogP contribution < -0.4 is 10.2 Å². The summed E-state index contributed by atoms with van der Waals surface area (Å²) >= 11 is 12.3. The van der Waals surface area contributed by atoms with E-state index in [1.807, 2.05) is 6.92 Å². The second-order valence-corrected chi connectivity index (χ2v) is 5.98. The quantitative estimate of drug-likeness (QED) is 0.425. The van der Waals surface area contributed by atoms with E-state index in [1.54, 1.807) is 12.1 Å². The Kier molecular flexibility index (Phi) is 6.94. The molecule has 2 rings (SSSR count). The van der Waals surface area contributed by atoms with Crippen LogP contribution in [-0.4, -0.2) is 23.7 Å². The molecule has 0 unspecified atom stereocenters. The van der Waals surface area contributed by atoms with Gasteiger partial charge < -0.3 is 4.74 Å². The summed E-state index contributed by atoms with van der Waals surface area (Å²) in [4.78, 5) is 22.0. The summed E-state index contributed by atoms with van der Waals surface area (Å²) in [6, 6.07) is 8.40. The summed E-state index contributed by atoms with van der Waals surface area (Å²) in [5.74, 6) is -0.0986. The molecule has 0 aliphatic carbocycles. The molecule has 1 amide bonds. The fourth-order valence-corrected chi connectivity index (χ4v) is 2.57. The summed E-state index contributed by atoms with van der Waals surface area (Å²) < 4.78 is 5.47. The first kappa shape index (κ1) is 19.7. The minimum atomic E-state index is -0.540. The van der Waals surface area contributed by atoms with Crippen molar-refractivity contribution in [2.75, 3.05) is 6.61 Å². The molecule has 1 N–H and O–H groups in total. The number of benzene rings is 2. The number of nitro groups is 1. The van der Waals surface area contributed by atoms with Gasteiger partial charge in [-0.3, -0.25) is 14.9 Å². The molecule has 0 bridgehead atoms. The molecule has 0 saturated carbocycles. The molecule has 0 aliphatic heterocycles. The van der Waals surface area contributed by atoms with Crippen LogP contribution in [0.5, 0.6) is 5.75 Å². The highest BCUT2D eigenvalue weighted by Gasteiger charge is 2.10. The summed E-state index contributed by atoms with van der Waals surface area (Å²) in [6.07, 6.45) is 2.20. The fourth-order valence-electron chi connectivity index (χ4n) is 1.96. The van der Waals surface area contributed by atoms with E-state index < -0.39 is 10.8 Å². The maximum absolute atomic E-state index is 12.0. The number of amides is 1. The van der Waals surface area contributed by atoms with Crippen molar-refractivity contribution in [3.63, 3.8) is 0 Å². The van der Waals surface area contributed by atoms with Crippen molar-refractivity contribution in [3.8, 4) is 5.75 Å². The van der Waals surface area contributed by atoms with E-state index in [0.29, 0.717) is 28.0 Å². The van der Waals surface area contributed by atoms with Crippen molar-refractivity contribution in [2.24, 2.45) is 5.10 Å². The van der Waals surface area contributed by atoms with Gasteiger partial charge in [-0.05, 0) is 36.2 Å². The van der Waals surface area contributed by atoms with Gasteiger partial charge in [-0.15, -0.1) is 0 Å². The maximum atomic E-state index is 12.0. The van der Waals surface area contributed by atoms with Gasteiger partial charge in [-0.2, -0.15) is 5.10 Å². The highest BCUT2D eigenvalue weighted by molar-refractivity contribution is 6.37. The number of ether oxygens (including phenoxy) is 1. The Bertz CT molecular complexity index is 815. The number of carbonyl (C=O) groups is 1. The Labute approximate surface area is 159 Å². The zero-order valence-corrected chi connectivity index (χ0v) is 15.3. The van der Waals surface area contributed by atoms with E-state index in [1.165, 1.54) is 30.5 Å². The number of non-ortho nitro benzene ring substituents is 1. The lowest BCUT2D eigenvalue weighted by atomic mass is 10.2. The molecule has 136 valence electrons. The molecule has 0 fully saturated rings. The zero-order valence-electron chi connectivity index (χ0n) is 13.7. The van der Waals surface area contributed by atoms with Crippen LogP contribution in [0.3, 0.4) is 0 Å². The van der Waals surface area contributed by atoms with E-state index in [4.69, 9.17) is 27.9 Å². The van der Waals surface area contributed by atoms with Gasteiger partial charge in [0.15, 0.2) is 5.75 Å². The van der Waals surface area contributed by atoms with Crippen molar-refractivity contribution in [3.05, 3.63) is 67.7 Å². The zero-order chi connectivity index (χ0) is 19.1. The van der Waals surface area contributed by atoms with Gasteiger partial charge in [0, 0.05) is 17.7 Å². The van der Waals surface area contributed by atoms with Crippen molar-refractivity contribution < 1.29 is 14.5 Å². The average molecular weight is 396 g/mol. The largest absolute Gasteiger partial charge is 0.490 e. The van der Waals surface area contributed by atoms with Crippen LogP contribution in [0.2, 0.25) is 10.0 Å². The molecule has 0 aromatic heterocycles. The summed E-state index contributed by atoms with van der Waals surface area (Å²) in [5, 5.41) is 15.1. The van der Waals surface area contributed by atoms with E-state index in [2.05, 4.69) is 10.5 Å². The first-order valence-electron chi connectivity index (χ1n) is 7.62. The van der Waals surface area contributed by atoms with Crippen LogP contribution in [0.4, 0.5) is 5.69 Å². The van der Waals surface area contributed by atoms with Gasteiger partial charge in [-0.25, -0.2) is 5.43 Å². The molecule has 0 radical (unpaired) electrons. The topological polar surface area (TPSA) is 93.8 Å². The number of nitrogens with one attached hydrogen (secondary N) is 1. The Morgan fingerprint density at radius 1 is 1.27 bits per heavy atom. The Hall–Kier alpha value is -2.64. The third kappa shape index (κ3) is 5.18. The SMILES string of the molecule is CCCOc1c(Cl)cc(/C=N/NC(=O)c2ccc([N+](=O)[O-])cc2)cc1Cl. The normalized spacial score (nSPS) is 10.7. The minimum Gasteiger partial charge on any atom is -0.490 e. The van der Waals surface area contributed by atoms with Gasteiger partial charge in [0.25, 0.3) is 11.6 Å². The number of nitrogens with zero attached hydrogens (tertiary/aromatic N) is 2. The van der Waals surface area contributed by atoms with Crippen LogP contribution in [0.25, 0.3) is 0 Å². The van der Waals surface area contributed by atoms with E-state index in [0.717, 1.165) is 6.42 Å². The van der Waals surface area contributed by atoms with Crippen molar-refractivity contribution in [1.82, 2.24) is 5.43 Å². The van der Waals surface area contributed by atoms with Gasteiger partial charge in [-0.1, -0.05) is 30.1 Å². The molecule has 2 aromatic rings. The second-order valence-electron chi connectivity index (χ2n) is 5.17. The van der Waals surface area contributed by atoms with Gasteiger partial charge in [0.1, 0.15) is 0 Å². The number of hydrogen-bond acceptors (Lipinski definition) is 5. The monoisotopic (exact) mass is 395 g/mol. The Balaban J connectivity index is 2.03. The molecule has 0 saturated heterocycles. The molecule has 7 nitrogen and oxygen atoms in total. The predicted octanol–water partition coefficient (Wildman–Crippen LogP) is 4.45. The van der Waals surface area contributed by atoms with Crippen LogP contribution in [-0.2, 0) is 0 Å². The minimum absolute atomic E-state index is 0.0975. The lowest BCUT2D eigenvalue weighted by Crippen LogP contribution is -2.17. The first-order valence-corrected chi connectivity index (χ1v) is 8.37. The average Bonchev–Trinajstić information content (AvgIpc) is 2.61. The van der Waals surface area contributed by atoms with Crippen LogP contribution in [0.1, 0.15) is 29.3 Å². The van der Waals surface area contributed by atoms with E-state index in [-0.39, 0.29) is 11.3 Å². The van der Waals surface area contributed by atoms with Crippen molar-refractivity contribution in [1.29, 1.82) is 0 Å². The third-order valence-corrected chi connectivity index (χ3v) is 3.75. The summed E-state index contributed by atoms with van der Waals surface area (Å²) in [6.45, 7) is 2.47. The van der Waals surface area contributed by atoms with Gasteiger partial charge in [0.05, 0.1) is 27.8 Å². The maximum Gasteiger partial charge on any atom is 0.271 e. The molecule has 9 heteroatoms. The fraction of sp³-hybridized carbons (Fsp3) is 0.176. The molecule has 0 heterocycles. The molecule has 0 atom stereocenters. The van der Waals surface area contributed by atoms with Crippen LogP contribution >= 0.6 is 23.2 Å². The number of nitro benzene ring substituents is 1. The second kappa shape index (κ2) is 9.17. The number of rotatable bonds is 7. The predicted molar refractivity (Wildman–Crippen MR) is 100 cm³/mol. The standard InChI is InChI=1S/C17H15Cl2N3O4/c1-2-7-26-16-14(18)8-11(9-15(16)19)10-20-21-17(23)12-3-5-13(6-4-12)22(24)25/h3-6,8-10H,2,7H2,1H3,(H,21,23)/b20-10+. The number of carbonyl (C=O) groups excluding carboxylic acids is 1.